The van der Waals surface area contributed by atoms with Crippen molar-refractivity contribution in [2.24, 2.45) is 0 Å². The van der Waals surface area contributed by atoms with E-state index in [1.807, 2.05) is 0 Å². The molecule has 0 spiro atoms. The van der Waals surface area contributed by atoms with Crippen molar-refractivity contribution >= 4 is 33.2 Å². The molecule has 0 aliphatic carbocycles. The first-order valence-electron chi connectivity index (χ1n) is 5.58. The number of hydrogen-bond acceptors (Lipinski definition) is 2. The molecule has 0 fully saturated rings. The van der Waals surface area contributed by atoms with Gasteiger partial charge in [-0.3, -0.25) is 0 Å². The maximum Gasteiger partial charge on any atom is 0.243 e. The van der Waals surface area contributed by atoms with Gasteiger partial charge in [-0.15, -0.1) is 0 Å². The van der Waals surface area contributed by atoms with Crippen LogP contribution < -0.4 is 4.72 Å². The summed E-state index contributed by atoms with van der Waals surface area (Å²) in [6.07, 6.45) is 0. The lowest BCUT2D eigenvalue weighted by atomic mass is 10.2. The van der Waals surface area contributed by atoms with Gasteiger partial charge in [0.2, 0.25) is 10.0 Å². The highest BCUT2D eigenvalue weighted by Crippen LogP contribution is 2.19. The predicted molar refractivity (Wildman–Crippen MR) is 76.9 cm³/mol. The first-order chi connectivity index (χ1) is 9.38. The number of halogens is 3. The summed E-state index contributed by atoms with van der Waals surface area (Å²) >= 11 is 11.4. The van der Waals surface area contributed by atoms with Gasteiger partial charge in [-0.05, 0) is 35.9 Å². The Morgan fingerprint density at radius 1 is 1.05 bits per heavy atom. The summed E-state index contributed by atoms with van der Waals surface area (Å²) < 4.78 is 39.9. The number of hydrogen-bond donors (Lipinski definition) is 1. The average molecular weight is 334 g/mol. The molecule has 0 heterocycles. The van der Waals surface area contributed by atoms with Crippen LogP contribution in [0, 0.1) is 5.82 Å². The Kier molecular flexibility index (Phi) is 4.65. The lowest BCUT2D eigenvalue weighted by Crippen LogP contribution is -2.24. The van der Waals surface area contributed by atoms with Crippen molar-refractivity contribution in [3.63, 3.8) is 0 Å². The first-order valence-corrected chi connectivity index (χ1v) is 7.81. The van der Waals surface area contributed by atoms with Gasteiger partial charge in [-0.2, -0.15) is 0 Å². The number of benzene rings is 2. The van der Waals surface area contributed by atoms with Crippen molar-refractivity contribution < 1.29 is 12.8 Å². The second-order valence-corrected chi connectivity index (χ2v) is 6.64. The van der Waals surface area contributed by atoms with Crippen LogP contribution in [0.5, 0.6) is 0 Å². The molecule has 0 bridgehead atoms. The molecule has 0 radical (unpaired) electrons. The van der Waals surface area contributed by atoms with Crippen LogP contribution in [-0.4, -0.2) is 8.42 Å². The molecule has 20 heavy (non-hydrogen) atoms. The van der Waals surface area contributed by atoms with Crippen molar-refractivity contribution in [3.8, 4) is 0 Å². The molecule has 0 atom stereocenters. The normalized spacial score (nSPS) is 11.6. The summed E-state index contributed by atoms with van der Waals surface area (Å²) in [6, 6.07) is 10.1. The zero-order valence-corrected chi connectivity index (χ0v) is 12.4. The summed E-state index contributed by atoms with van der Waals surface area (Å²) in [6.45, 7) is 0.0188. The van der Waals surface area contributed by atoms with Gasteiger partial charge < -0.3 is 0 Å². The van der Waals surface area contributed by atoms with E-state index in [0.717, 1.165) is 12.1 Å². The fraction of sp³-hybridized carbons (Fsp3) is 0.0769. The molecule has 2 aromatic rings. The minimum atomic E-state index is -3.95. The van der Waals surface area contributed by atoms with E-state index in [0.29, 0.717) is 10.6 Å². The highest BCUT2D eigenvalue weighted by Gasteiger charge is 2.18. The third-order valence-corrected chi connectivity index (χ3v) is 4.44. The topological polar surface area (TPSA) is 46.2 Å². The van der Waals surface area contributed by atoms with E-state index in [4.69, 9.17) is 23.2 Å². The maximum absolute atomic E-state index is 13.6. The van der Waals surface area contributed by atoms with E-state index in [1.165, 1.54) is 6.07 Å². The van der Waals surface area contributed by atoms with E-state index in [1.54, 1.807) is 24.3 Å². The molecule has 0 amide bonds. The van der Waals surface area contributed by atoms with Gasteiger partial charge in [0, 0.05) is 16.6 Å². The van der Waals surface area contributed by atoms with Crippen LogP contribution >= 0.6 is 23.2 Å². The zero-order chi connectivity index (χ0) is 14.8. The second-order valence-electron chi connectivity index (χ2n) is 4.03. The fourth-order valence-corrected chi connectivity index (χ4v) is 3.04. The van der Waals surface area contributed by atoms with Crippen LogP contribution in [0.1, 0.15) is 5.56 Å². The van der Waals surface area contributed by atoms with Gasteiger partial charge in [0.05, 0.1) is 0 Å². The Morgan fingerprint density at radius 3 is 2.40 bits per heavy atom. The standard InChI is InChI=1S/C13H10Cl2FNO2S/c14-10-3-1-2-9(6-10)8-17-20(18,19)13-5-4-11(15)7-12(13)16/h1-7,17H,8H2. The summed E-state index contributed by atoms with van der Waals surface area (Å²) in [5.41, 5.74) is 0.676. The van der Waals surface area contributed by atoms with E-state index in [2.05, 4.69) is 4.72 Å². The van der Waals surface area contributed by atoms with Crippen molar-refractivity contribution in [1.29, 1.82) is 0 Å². The molecule has 0 saturated heterocycles. The van der Waals surface area contributed by atoms with Crippen LogP contribution in [0.3, 0.4) is 0 Å². The zero-order valence-electron chi connectivity index (χ0n) is 10.1. The molecule has 1 N–H and O–H groups in total. The molecule has 3 nitrogen and oxygen atoms in total. The van der Waals surface area contributed by atoms with Crippen LogP contribution in [0.15, 0.2) is 47.4 Å². The van der Waals surface area contributed by atoms with E-state index in [-0.39, 0.29) is 11.6 Å². The Labute approximate surface area is 126 Å². The third-order valence-electron chi connectivity index (χ3n) is 2.54. The minimum Gasteiger partial charge on any atom is -0.207 e. The molecule has 2 aromatic carbocycles. The SMILES string of the molecule is O=S(=O)(NCc1cccc(Cl)c1)c1ccc(Cl)cc1F. The summed E-state index contributed by atoms with van der Waals surface area (Å²) in [4.78, 5) is -0.441. The van der Waals surface area contributed by atoms with Crippen LogP contribution in [0.2, 0.25) is 10.0 Å². The molecule has 2 rings (SSSR count). The number of sulfonamides is 1. The maximum atomic E-state index is 13.6. The predicted octanol–water partition coefficient (Wildman–Crippen LogP) is 3.61. The molecule has 0 aliphatic rings. The first kappa shape index (κ1) is 15.3. The Bertz CT molecular complexity index is 735. The average Bonchev–Trinajstić information content (AvgIpc) is 2.36. The van der Waals surface area contributed by atoms with E-state index >= 15 is 0 Å². The lowest BCUT2D eigenvalue weighted by Gasteiger charge is -2.08. The van der Waals surface area contributed by atoms with Crippen molar-refractivity contribution in [2.75, 3.05) is 0 Å². The van der Waals surface area contributed by atoms with Gasteiger partial charge in [-0.25, -0.2) is 17.5 Å². The van der Waals surface area contributed by atoms with Gasteiger partial charge in [0.1, 0.15) is 10.7 Å². The van der Waals surface area contributed by atoms with E-state index in [9.17, 15) is 12.8 Å². The van der Waals surface area contributed by atoms with Crippen molar-refractivity contribution in [2.45, 2.75) is 11.4 Å². The minimum absolute atomic E-state index is 0.0188. The largest absolute Gasteiger partial charge is 0.243 e. The number of rotatable bonds is 4. The molecular weight excluding hydrogens is 324 g/mol. The highest BCUT2D eigenvalue weighted by atomic mass is 35.5. The molecular formula is C13H10Cl2FNO2S. The Hall–Kier alpha value is -1.14. The molecule has 0 aromatic heterocycles. The smallest absolute Gasteiger partial charge is 0.207 e. The molecule has 0 saturated carbocycles. The van der Waals surface area contributed by atoms with E-state index < -0.39 is 20.7 Å². The quantitative estimate of drug-likeness (QED) is 0.928. The fourth-order valence-electron chi connectivity index (χ4n) is 1.60. The van der Waals surface area contributed by atoms with Gasteiger partial charge in [0.25, 0.3) is 0 Å². The van der Waals surface area contributed by atoms with Crippen molar-refractivity contribution in [1.82, 2.24) is 4.72 Å². The summed E-state index contributed by atoms with van der Waals surface area (Å²) in [7, 11) is -3.95. The van der Waals surface area contributed by atoms with Gasteiger partial charge >= 0.3 is 0 Å². The van der Waals surface area contributed by atoms with Crippen LogP contribution in [-0.2, 0) is 16.6 Å². The summed E-state index contributed by atoms with van der Waals surface area (Å²) in [5.74, 6) is -0.893. The highest BCUT2D eigenvalue weighted by molar-refractivity contribution is 7.89. The van der Waals surface area contributed by atoms with Crippen LogP contribution in [0.4, 0.5) is 4.39 Å². The summed E-state index contributed by atoms with van der Waals surface area (Å²) in [5, 5.41) is 0.635. The Morgan fingerprint density at radius 2 is 1.75 bits per heavy atom. The van der Waals surface area contributed by atoms with Gasteiger partial charge in [0.15, 0.2) is 0 Å². The molecule has 7 heteroatoms. The Balaban J connectivity index is 2.19. The van der Waals surface area contributed by atoms with Gasteiger partial charge in [-0.1, -0.05) is 35.3 Å². The molecule has 106 valence electrons. The van der Waals surface area contributed by atoms with Crippen LogP contribution in [0.25, 0.3) is 0 Å². The third kappa shape index (κ3) is 3.70. The molecule has 0 aliphatic heterocycles. The second kappa shape index (κ2) is 6.10. The monoisotopic (exact) mass is 333 g/mol. The number of nitrogens with one attached hydrogen (secondary N) is 1. The van der Waals surface area contributed by atoms with Crippen molar-refractivity contribution in [3.05, 3.63) is 63.9 Å². The molecule has 0 unspecified atom stereocenters. The lowest BCUT2D eigenvalue weighted by molar-refractivity contribution is 0.557.